The van der Waals surface area contributed by atoms with Crippen LogP contribution in [0.2, 0.25) is 0 Å². The van der Waals surface area contributed by atoms with Crippen molar-refractivity contribution in [1.82, 2.24) is 36.0 Å². The van der Waals surface area contributed by atoms with Crippen LogP contribution in [0.5, 0.6) is 0 Å². The van der Waals surface area contributed by atoms with Gasteiger partial charge in [0.05, 0.1) is 62.1 Å². The number of rotatable bonds is 19. The van der Waals surface area contributed by atoms with Gasteiger partial charge in [-0.1, -0.05) is 45.7 Å². The number of hydroxylamine groups is 6. The maximum Gasteiger partial charge on any atom is 0.507 e. The SMILES string of the molecule is C.C.C=CS(=O)(=O)CCN.C=CS(=O)(=O)CCNC(C)=O.CC(=O)NCC(O)CO.CC(=O)NCC=O.CC(=O)O.CC(=O)ON1C(=O)CCC1=O.CC(=O)ON1C(=O)CCC1=O.CC(=O)ON1C(=O)CCC1=O.CCO.CCOC(=O)OC.CN1C(=O)CCC1=O.Cc1ccc([N+](=O)[O-])cc1.NCC(O)CO. The molecule has 108 heavy (non-hydrogen) atoms. The molecule has 5 rings (SSSR count). The van der Waals surface area contributed by atoms with Gasteiger partial charge in [0.1, 0.15) is 6.29 Å². The Morgan fingerprint density at radius 2 is 0.898 bits per heavy atom. The number of aliphatic hydroxyl groups is 5. The number of nitrogens with one attached hydrogen (secondary N) is 3. The third-order valence-corrected chi connectivity index (χ3v) is 12.6. The lowest BCUT2D eigenvalue weighted by Crippen LogP contribution is -2.32. The van der Waals surface area contributed by atoms with E-state index in [-0.39, 0.29) is 153 Å². The fourth-order valence-corrected chi connectivity index (χ4v) is 6.23. The Hall–Kier alpha value is -10.5. The summed E-state index contributed by atoms with van der Waals surface area (Å²) in [5.41, 5.74) is 11.0. The minimum absolute atomic E-state index is 0. The van der Waals surface area contributed by atoms with Crippen LogP contribution in [0.3, 0.4) is 0 Å². The monoisotopic (exact) mass is 1600 g/mol. The largest absolute Gasteiger partial charge is 0.507 e. The lowest BCUT2D eigenvalue weighted by molar-refractivity contribution is -0.384. The van der Waals surface area contributed by atoms with Crippen LogP contribution in [0, 0.1) is 17.0 Å². The van der Waals surface area contributed by atoms with Gasteiger partial charge in [0, 0.05) is 163 Å². The first-order valence-corrected chi connectivity index (χ1v) is 34.0. The predicted octanol–water partition coefficient (Wildman–Crippen LogP) is -2.06. The second-order valence-electron chi connectivity index (χ2n) is 19.4. The number of nitrogens with two attached hydrogens (primary N) is 2. The normalized spacial score (nSPS) is 12.8. The van der Waals surface area contributed by atoms with E-state index in [1.165, 1.54) is 52.0 Å². The fourth-order valence-electron chi connectivity index (χ4n) is 5.18. The number of methoxy groups -OCH3 is 1. The Morgan fingerprint density at radius 3 is 1.07 bits per heavy atom. The van der Waals surface area contributed by atoms with Gasteiger partial charge in [0.15, 0.2) is 19.7 Å². The molecular formula is C62H108N10O34S2. The van der Waals surface area contributed by atoms with Crippen LogP contribution in [0.25, 0.3) is 0 Å². The second kappa shape index (κ2) is 72.1. The summed E-state index contributed by atoms with van der Waals surface area (Å²) in [6, 6.07) is 6.43. The predicted molar refractivity (Wildman–Crippen MR) is 381 cm³/mol. The van der Waals surface area contributed by atoms with E-state index in [2.05, 4.69) is 53.1 Å². The third kappa shape index (κ3) is 78.1. The maximum absolute atomic E-state index is 10.7. The third-order valence-electron chi connectivity index (χ3n) is 10.0. The summed E-state index contributed by atoms with van der Waals surface area (Å²) in [5.74, 6) is -6.35. The number of ether oxygens (including phenoxy) is 2. The highest BCUT2D eigenvalue weighted by atomic mass is 32.2. The van der Waals surface area contributed by atoms with E-state index < -0.39 is 102 Å². The molecule has 11 amide bonds. The number of amides is 11. The highest BCUT2D eigenvalue weighted by Gasteiger charge is 2.34. The van der Waals surface area contributed by atoms with Crippen molar-refractivity contribution in [1.29, 1.82) is 0 Å². The van der Waals surface area contributed by atoms with E-state index in [4.69, 9.17) is 46.9 Å². The number of aliphatic hydroxyl groups excluding tert-OH is 5. The number of nitro benzene ring substituents is 1. The average molecular weight is 1600 g/mol. The zero-order valence-corrected chi connectivity index (χ0v) is 62.5. The van der Waals surface area contributed by atoms with Crippen molar-refractivity contribution in [3.63, 3.8) is 0 Å². The summed E-state index contributed by atoms with van der Waals surface area (Å²) in [6.45, 7) is 20.8. The number of benzene rings is 1. The molecule has 4 aliphatic rings. The van der Waals surface area contributed by atoms with Crippen LogP contribution in [-0.2, 0) is 120 Å². The van der Waals surface area contributed by atoms with E-state index in [9.17, 15) is 104 Å². The molecule has 2 unspecified atom stereocenters. The minimum Gasteiger partial charge on any atom is -0.481 e. The molecule has 4 aliphatic heterocycles. The lowest BCUT2D eigenvalue weighted by atomic mass is 10.2. The first-order valence-electron chi connectivity index (χ1n) is 30.5. The molecule has 0 aromatic heterocycles. The quantitative estimate of drug-likeness (QED) is 0.0233. The summed E-state index contributed by atoms with van der Waals surface area (Å²) in [5, 5.41) is 68.6. The molecule has 622 valence electrons. The Labute approximate surface area is 626 Å². The number of hydrogen-bond donors (Lipinski definition) is 11. The van der Waals surface area contributed by atoms with Crippen molar-refractivity contribution >= 4 is 127 Å². The number of nitro groups is 1. The molecule has 0 bridgehead atoms. The Kier molecular flexibility index (Phi) is 79.2. The number of non-ortho nitro benzene ring substituents is 1. The number of nitrogens with zero attached hydrogens (tertiary/aromatic N) is 5. The van der Waals surface area contributed by atoms with E-state index in [1.54, 1.807) is 26.0 Å². The summed E-state index contributed by atoms with van der Waals surface area (Å²) >= 11 is 0. The summed E-state index contributed by atoms with van der Waals surface area (Å²) < 4.78 is 50.7. The standard InChI is InChI=1S/C7H7NO2.3C6H7NO4.C6H11NO3S.C5H11NO3.C5H7NO2.C4H9NO2S.C4H7NO2.C4H8O3.C3H9NO2.C2H4O2.C2H6O.2CH4/c1-6-2-4-7(5-3-6)8(9)10;3*1-4(8)11-7-5(9)2-3-6(7)10;1-3-11(9,10)5-4-7-6(2)8;1-4(8)6-2-5(9)3-7;1-6-4(7)2-3-5(6)8;1-2-8(6,7)4-3-5;1-4(7)5-2-3-6;1-3-7-4(5)6-2;4-1-3(6)2-5;1-2(3)4;1-2-3;;/h2-5H,1H3;3*2-3H2,1H3;3H,1,4-5H2,2H3,(H,7,8);5,7,9H,2-3H2,1H3,(H,6,8);2-3H2,1H3;2H,1,3-5H2;3H,2H2,1H3,(H,5,7);3H2,1-2H3;3,5-6H,1-2,4H2;1H3,(H,3,4);3H,2H2,1H3;2*1H4. The number of likely N-dealkylation sites (tertiary alicyclic amines) is 1. The molecule has 46 heteroatoms. The van der Waals surface area contributed by atoms with Gasteiger partial charge in [0.25, 0.3) is 47.1 Å². The molecule has 0 aliphatic carbocycles. The van der Waals surface area contributed by atoms with Crippen molar-refractivity contribution in [3.05, 3.63) is 63.9 Å². The van der Waals surface area contributed by atoms with E-state index in [0.717, 1.165) is 44.1 Å². The van der Waals surface area contributed by atoms with Crippen molar-refractivity contribution < 1.29 is 158 Å². The van der Waals surface area contributed by atoms with E-state index >= 15 is 0 Å². The highest BCUT2D eigenvalue weighted by Crippen LogP contribution is 2.14. The number of aldehydes is 1. The smallest absolute Gasteiger partial charge is 0.481 e. The summed E-state index contributed by atoms with van der Waals surface area (Å²) in [6.07, 6.45) is 0.0298. The van der Waals surface area contributed by atoms with Crippen molar-refractivity contribution in [2.45, 2.75) is 148 Å². The molecule has 0 spiro atoms. The Bertz CT molecular complexity index is 3010. The molecular weight excluding hydrogens is 1490 g/mol. The Morgan fingerprint density at radius 1 is 0.593 bits per heavy atom. The first-order chi connectivity index (χ1) is 49.0. The second-order valence-corrected chi connectivity index (χ2v) is 23.6. The Balaban J connectivity index is -0.000000122. The number of carboxylic acid groups (broad SMARTS) is 1. The van der Waals surface area contributed by atoms with Crippen LogP contribution >= 0.6 is 0 Å². The summed E-state index contributed by atoms with van der Waals surface area (Å²) in [4.78, 5) is 199. The van der Waals surface area contributed by atoms with Gasteiger partial charge in [-0.3, -0.25) is 72.5 Å². The number of hydrogen-bond acceptors (Lipinski definition) is 35. The van der Waals surface area contributed by atoms with E-state index in [0.29, 0.717) is 40.9 Å². The molecule has 1 aromatic carbocycles. The molecule has 0 saturated carbocycles. The number of aryl methyl sites for hydroxylation is 1. The number of carboxylic acids is 1. The number of carbonyl (C=O) groups excluding carboxylic acids is 16. The maximum atomic E-state index is 10.7. The van der Waals surface area contributed by atoms with Crippen LogP contribution in [0.1, 0.15) is 134 Å². The van der Waals surface area contributed by atoms with Crippen molar-refractivity contribution in [2.24, 2.45) is 11.5 Å². The molecule has 1 aromatic rings. The van der Waals surface area contributed by atoms with Gasteiger partial charge >= 0.3 is 24.1 Å². The molecule has 44 nitrogen and oxygen atoms in total. The average Bonchev–Trinajstić information content (AvgIpc) is 1.75. The van der Waals surface area contributed by atoms with Gasteiger partial charge in [-0.15, -0.1) is 15.2 Å². The van der Waals surface area contributed by atoms with Gasteiger partial charge in [0.2, 0.25) is 29.5 Å². The van der Waals surface area contributed by atoms with Crippen LogP contribution in [0.15, 0.2) is 48.2 Å². The van der Waals surface area contributed by atoms with Crippen molar-refractivity contribution in [2.75, 3.05) is 84.8 Å². The fraction of sp³-hybridized carbons (Fsp3) is 0.565. The van der Waals surface area contributed by atoms with Gasteiger partial charge in [-0.2, -0.15) is 0 Å². The van der Waals surface area contributed by atoms with Gasteiger partial charge < -0.3 is 86.8 Å². The molecule has 2 atom stereocenters. The number of aliphatic carboxylic acids is 1. The lowest BCUT2D eigenvalue weighted by Gasteiger charge is -2.09. The van der Waals surface area contributed by atoms with Crippen LogP contribution in [-0.4, -0.2) is 271 Å². The first kappa shape index (κ1) is 119. The van der Waals surface area contributed by atoms with E-state index in [1.807, 2.05) is 6.92 Å². The van der Waals surface area contributed by atoms with Crippen LogP contribution in [0.4, 0.5) is 10.5 Å². The molecule has 0 radical (unpaired) electrons. The topological polar surface area (TPSA) is 670 Å². The molecule has 13 N–H and O–H groups in total. The minimum atomic E-state index is -3.17. The summed E-state index contributed by atoms with van der Waals surface area (Å²) in [7, 11) is -3.41. The van der Waals surface area contributed by atoms with Crippen molar-refractivity contribution in [3.8, 4) is 0 Å². The van der Waals surface area contributed by atoms with Gasteiger partial charge in [-0.05, 0) is 20.8 Å². The van der Waals surface area contributed by atoms with Gasteiger partial charge in [-0.25, -0.2) is 36.0 Å². The molecule has 4 saturated heterocycles. The number of carbonyl (C=O) groups is 17. The molecule has 4 fully saturated rings. The number of imide groups is 4. The highest BCUT2D eigenvalue weighted by molar-refractivity contribution is 7.94. The number of sulfone groups is 2. The zero-order chi connectivity index (χ0) is 84.5. The van der Waals surface area contributed by atoms with Crippen LogP contribution < -0.4 is 27.4 Å². The molecule has 4 heterocycles. The zero-order valence-electron chi connectivity index (χ0n) is 60.9.